The molecule has 0 atom stereocenters. The second-order valence-electron chi connectivity index (χ2n) is 15.7. The summed E-state index contributed by atoms with van der Waals surface area (Å²) in [6, 6.07) is 18.0. The molecule has 10 nitrogen and oxygen atoms in total. The number of nitrogens with two attached hydrogens (primary N) is 1. The van der Waals surface area contributed by atoms with E-state index < -0.39 is 0 Å². The van der Waals surface area contributed by atoms with Gasteiger partial charge in [-0.1, -0.05) is 12.2 Å². The molecule has 4 N–H and O–H groups in total. The fraction of sp³-hybridized carbons (Fsp3) is 0.404. The van der Waals surface area contributed by atoms with E-state index in [9.17, 15) is 5.11 Å². The van der Waals surface area contributed by atoms with E-state index in [1.54, 1.807) is 19.2 Å². The number of anilines is 3. The van der Waals surface area contributed by atoms with Gasteiger partial charge in [-0.2, -0.15) is 5.90 Å². The van der Waals surface area contributed by atoms with E-state index in [1.807, 2.05) is 32.9 Å². The zero-order valence-corrected chi connectivity index (χ0v) is 36.2. The van der Waals surface area contributed by atoms with Crippen molar-refractivity contribution >= 4 is 39.3 Å². The molecule has 0 spiro atoms. The number of allylic oxidation sites excluding steroid dienone is 2. The first-order valence-electron chi connectivity index (χ1n) is 20.0. The first-order chi connectivity index (χ1) is 27.0. The molecule has 0 saturated heterocycles. The lowest BCUT2D eigenvalue weighted by molar-refractivity contribution is 0.312. The molecular weight excluding hydrogens is 713 g/mol. The molecule has 3 aromatic carbocycles. The number of phenolic OH excluding ortho intramolecular Hbond substituents is 1. The van der Waals surface area contributed by atoms with Crippen LogP contribution in [0, 0.1) is 13.8 Å². The molecule has 0 unspecified atom stereocenters. The molecule has 7 rings (SSSR count). The zero-order chi connectivity index (χ0) is 41.8. The van der Waals surface area contributed by atoms with Crippen LogP contribution in [0.1, 0.15) is 91.5 Å². The fourth-order valence-electron chi connectivity index (χ4n) is 8.17. The van der Waals surface area contributed by atoms with Gasteiger partial charge in [0.15, 0.2) is 22.8 Å². The average molecular weight is 775 g/mol. The van der Waals surface area contributed by atoms with Gasteiger partial charge in [0.2, 0.25) is 0 Å². The molecular formula is C47H62N6O4. The van der Waals surface area contributed by atoms with Gasteiger partial charge in [0, 0.05) is 78.6 Å². The van der Waals surface area contributed by atoms with Gasteiger partial charge in [-0.3, -0.25) is 4.99 Å². The van der Waals surface area contributed by atoms with E-state index in [-0.39, 0.29) is 16.8 Å². The SMILES string of the molecule is CCN1c2cc(OC)ccc2C(C)=CC1(C)C.CCN=c1cc2oc3cc4c(cc3nc-2cc1C)C(C)=CC(C)(C)N4CC.CCNc1cc(O)c(ON)cc1C. The highest BCUT2D eigenvalue weighted by molar-refractivity contribution is 5.91. The van der Waals surface area contributed by atoms with Crippen LogP contribution in [-0.2, 0) is 0 Å². The largest absolute Gasteiger partial charge is 0.504 e. The Bertz CT molecular complexity index is 2340. The van der Waals surface area contributed by atoms with Gasteiger partial charge in [0.05, 0.1) is 23.5 Å². The molecule has 3 aromatic rings. The first-order valence-corrected chi connectivity index (χ1v) is 20.0. The number of likely N-dealkylation sites (N-methyl/N-ethyl adjacent to an activating group) is 2. The minimum Gasteiger partial charge on any atom is -0.504 e. The Balaban J connectivity index is 0.000000177. The van der Waals surface area contributed by atoms with Crippen molar-refractivity contribution in [3.8, 4) is 28.7 Å². The third-order valence-electron chi connectivity index (χ3n) is 10.7. The summed E-state index contributed by atoms with van der Waals surface area (Å²) in [6.45, 7) is 29.3. The van der Waals surface area contributed by atoms with Gasteiger partial charge in [-0.05, 0) is 136 Å². The standard InChI is InChI=1S/C23H27N3O.C15H21NO.C9H14N2O2/c1-7-24-17-11-21-18(9-14(17)3)25-19-10-16-15(4)13-23(5,6)26(8-2)20(16)12-22(19)27-21;1-6-16-14-9-12(17-5)7-8-13(14)11(2)10-15(16,3)4;1-3-11-7-5-8(12)9(13-10)4-6(7)2/h9-13H,7-8H2,1-6H3;7-10H,6H2,1-5H3;4-5,11-12H,3,10H2,1-2H3. The highest BCUT2D eigenvalue weighted by Crippen LogP contribution is 2.42. The molecule has 57 heavy (non-hydrogen) atoms. The van der Waals surface area contributed by atoms with Crippen LogP contribution in [0.15, 0.2) is 76.2 Å². The molecule has 0 fully saturated rings. The van der Waals surface area contributed by atoms with E-state index in [2.05, 4.69) is 130 Å². The quantitative estimate of drug-likeness (QED) is 0.110. The highest BCUT2D eigenvalue weighted by Gasteiger charge is 2.32. The summed E-state index contributed by atoms with van der Waals surface area (Å²) in [4.78, 5) is 18.8. The lowest BCUT2D eigenvalue weighted by Gasteiger charge is -2.42. The van der Waals surface area contributed by atoms with Gasteiger partial charge in [0.25, 0.3) is 0 Å². The number of hydrogen-bond acceptors (Lipinski definition) is 10. The zero-order valence-electron chi connectivity index (χ0n) is 36.2. The van der Waals surface area contributed by atoms with E-state index in [0.717, 1.165) is 76.7 Å². The maximum atomic E-state index is 9.40. The van der Waals surface area contributed by atoms with Crippen molar-refractivity contribution in [2.75, 3.05) is 48.4 Å². The highest BCUT2D eigenvalue weighted by atomic mass is 16.6. The van der Waals surface area contributed by atoms with Crippen LogP contribution in [0.4, 0.5) is 17.1 Å². The minimum absolute atomic E-state index is 0.0198. The number of nitrogens with one attached hydrogen (secondary N) is 1. The number of rotatable bonds is 7. The minimum atomic E-state index is -0.0198. The second kappa shape index (κ2) is 17.3. The van der Waals surface area contributed by atoms with Crippen LogP contribution in [0.3, 0.4) is 0 Å². The molecule has 1 aliphatic carbocycles. The number of hydrogen-bond donors (Lipinski definition) is 3. The predicted octanol–water partition coefficient (Wildman–Crippen LogP) is 10.3. The summed E-state index contributed by atoms with van der Waals surface area (Å²) in [5.74, 6) is 7.01. The van der Waals surface area contributed by atoms with Crippen molar-refractivity contribution < 1.29 is 19.1 Å². The van der Waals surface area contributed by atoms with E-state index >= 15 is 0 Å². The maximum absolute atomic E-state index is 9.40. The normalized spacial score (nSPS) is 15.4. The number of aromatic nitrogens is 1. The molecule has 304 valence electrons. The van der Waals surface area contributed by atoms with Crippen LogP contribution < -0.4 is 35.9 Å². The van der Waals surface area contributed by atoms with E-state index in [1.165, 1.54) is 33.6 Å². The van der Waals surface area contributed by atoms with Crippen molar-refractivity contribution in [3.05, 3.63) is 94.4 Å². The Hall–Kier alpha value is -5.48. The lowest BCUT2D eigenvalue weighted by Crippen LogP contribution is -2.44. The van der Waals surface area contributed by atoms with Gasteiger partial charge in [-0.25, -0.2) is 4.98 Å². The number of methoxy groups -OCH3 is 1. The topological polar surface area (TPSA) is 122 Å². The molecule has 3 heterocycles. The van der Waals surface area contributed by atoms with Gasteiger partial charge >= 0.3 is 0 Å². The molecule has 0 amide bonds. The predicted molar refractivity (Wildman–Crippen MR) is 238 cm³/mol. The monoisotopic (exact) mass is 774 g/mol. The molecule has 3 aliphatic heterocycles. The van der Waals surface area contributed by atoms with Crippen molar-refractivity contribution in [2.24, 2.45) is 10.9 Å². The summed E-state index contributed by atoms with van der Waals surface area (Å²) >= 11 is 0. The van der Waals surface area contributed by atoms with Gasteiger partial charge in [0.1, 0.15) is 17.0 Å². The Labute approximate surface area is 339 Å². The number of nitrogens with zero attached hydrogens (tertiary/aromatic N) is 4. The van der Waals surface area contributed by atoms with Crippen molar-refractivity contribution in [3.63, 3.8) is 0 Å². The Morgan fingerprint density at radius 3 is 2.02 bits per heavy atom. The third-order valence-corrected chi connectivity index (χ3v) is 10.7. The summed E-state index contributed by atoms with van der Waals surface area (Å²) < 4.78 is 11.6. The molecule has 10 heteroatoms. The smallest absolute Gasteiger partial charge is 0.188 e. The fourth-order valence-corrected chi connectivity index (χ4v) is 8.17. The molecule has 0 saturated carbocycles. The Morgan fingerprint density at radius 1 is 0.807 bits per heavy atom. The van der Waals surface area contributed by atoms with Crippen LogP contribution >= 0.6 is 0 Å². The molecule has 0 radical (unpaired) electrons. The van der Waals surface area contributed by atoms with E-state index in [0.29, 0.717) is 5.75 Å². The first kappa shape index (κ1) is 42.7. The lowest BCUT2D eigenvalue weighted by atomic mass is 9.88. The summed E-state index contributed by atoms with van der Waals surface area (Å²) in [7, 11) is 1.72. The number of fused-ring (bicyclic) bond motifs is 4. The van der Waals surface area contributed by atoms with Crippen LogP contribution in [0.25, 0.3) is 33.7 Å². The van der Waals surface area contributed by atoms with Crippen LogP contribution in [-0.4, -0.2) is 54.5 Å². The van der Waals surface area contributed by atoms with Crippen LogP contribution in [0.5, 0.6) is 17.2 Å². The third kappa shape index (κ3) is 8.91. The molecule has 0 aromatic heterocycles. The van der Waals surface area contributed by atoms with Crippen LogP contribution in [0.2, 0.25) is 0 Å². The molecule has 0 bridgehead atoms. The van der Waals surface area contributed by atoms with Crippen molar-refractivity contribution in [1.82, 2.24) is 4.98 Å². The Morgan fingerprint density at radius 2 is 1.44 bits per heavy atom. The maximum Gasteiger partial charge on any atom is 0.188 e. The van der Waals surface area contributed by atoms with Gasteiger partial charge in [-0.15, -0.1) is 0 Å². The molecule has 4 aliphatic rings. The average Bonchev–Trinajstić information content (AvgIpc) is 3.15. The summed E-state index contributed by atoms with van der Waals surface area (Å²) in [5.41, 5.74) is 13.3. The van der Waals surface area contributed by atoms with Gasteiger partial charge < -0.3 is 34.2 Å². The van der Waals surface area contributed by atoms with Crippen molar-refractivity contribution in [1.29, 1.82) is 0 Å². The summed E-state index contributed by atoms with van der Waals surface area (Å²) in [5, 5.41) is 13.5. The number of phenols is 1. The second-order valence-corrected chi connectivity index (χ2v) is 15.7. The number of ether oxygens (including phenoxy) is 1. The Kier molecular flexibility index (Phi) is 13.0. The van der Waals surface area contributed by atoms with E-state index in [4.69, 9.17) is 20.0 Å². The number of aryl methyl sites for hydroxylation is 2. The summed E-state index contributed by atoms with van der Waals surface area (Å²) in [6.07, 6.45) is 4.68. The number of benzene rings is 4. The van der Waals surface area contributed by atoms with Crippen molar-refractivity contribution in [2.45, 2.75) is 94.2 Å². The number of aromatic hydroxyl groups is 1.